The van der Waals surface area contributed by atoms with Crippen LogP contribution in [0.3, 0.4) is 0 Å². The molecule has 24 heavy (non-hydrogen) atoms. The molecule has 1 heterocycles. The first-order chi connectivity index (χ1) is 11.2. The van der Waals surface area contributed by atoms with E-state index in [1.165, 1.54) is 19.1 Å². The Kier molecular flexibility index (Phi) is 7.86. The summed E-state index contributed by atoms with van der Waals surface area (Å²) >= 11 is 6.19. The van der Waals surface area contributed by atoms with Crippen molar-refractivity contribution < 1.29 is 14.3 Å². The van der Waals surface area contributed by atoms with E-state index in [4.69, 9.17) is 21.1 Å². The zero-order chi connectivity index (χ0) is 18.3. The van der Waals surface area contributed by atoms with Crippen LogP contribution in [0.5, 0.6) is 0 Å². The monoisotopic (exact) mass is 358 g/mol. The van der Waals surface area contributed by atoms with Gasteiger partial charge in [-0.05, 0) is 17.9 Å². The molecule has 0 saturated carbocycles. The molecule has 0 bridgehead atoms. The van der Waals surface area contributed by atoms with Gasteiger partial charge in [-0.3, -0.25) is 5.32 Å². The number of methoxy groups -OCH3 is 2. The van der Waals surface area contributed by atoms with Gasteiger partial charge in [0.15, 0.2) is 17.3 Å². The maximum Gasteiger partial charge on any atom is 0.322 e. The zero-order valence-corrected chi connectivity index (χ0v) is 16.0. The van der Waals surface area contributed by atoms with Crippen LogP contribution in [0.25, 0.3) is 0 Å². The molecule has 1 N–H and O–H groups in total. The van der Waals surface area contributed by atoms with Crippen molar-refractivity contribution in [3.05, 3.63) is 16.8 Å². The molecule has 1 aromatic rings. The average molecular weight is 359 g/mol. The van der Waals surface area contributed by atoms with Crippen molar-refractivity contribution in [3.8, 4) is 0 Å². The summed E-state index contributed by atoms with van der Waals surface area (Å²) in [7, 11) is 4.69. The van der Waals surface area contributed by atoms with Gasteiger partial charge < -0.3 is 14.4 Å². The fourth-order valence-electron chi connectivity index (χ4n) is 2.43. The predicted molar refractivity (Wildman–Crippen MR) is 94.4 cm³/mol. The Morgan fingerprint density at radius 3 is 2.54 bits per heavy atom. The highest BCUT2D eigenvalue weighted by molar-refractivity contribution is 6.30. The number of hydrogen-bond acceptors (Lipinski definition) is 5. The van der Waals surface area contributed by atoms with E-state index < -0.39 is 6.29 Å². The van der Waals surface area contributed by atoms with Gasteiger partial charge in [0.25, 0.3) is 0 Å². The first kappa shape index (κ1) is 20.6. The number of nitrogens with one attached hydrogen (secondary N) is 1. The van der Waals surface area contributed by atoms with E-state index in [0.717, 1.165) is 18.4 Å². The number of halogens is 1. The van der Waals surface area contributed by atoms with Crippen LogP contribution in [-0.4, -0.2) is 55.2 Å². The van der Waals surface area contributed by atoms with Crippen molar-refractivity contribution in [2.45, 2.75) is 45.3 Å². The van der Waals surface area contributed by atoms with E-state index in [0.29, 0.717) is 11.0 Å². The molecule has 0 spiro atoms. The Hall–Kier alpha value is -1.44. The lowest BCUT2D eigenvalue weighted by molar-refractivity contribution is -0.108. The quantitative estimate of drug-likeness (QED) is 0.721. The molecule has 136 valence electrons. The lowest BCUT2D eigenvalue weighted by Crippen LogP contribution is -2.38. The minimum Gasteiger partial charge on any atom is -0.354 e. The summed E-state index contributed by atoms with van der Waals surface area (Å²) in [6.45, 7) is 6.59. The van der Waals surface area contributed by atoms with Crippen LogP contribution in [0.2, 0.25) is 5.15 Å². The van der Waals surface area contributed by atoms with Crippen molar-refractivity contribution >= 4 is 23.4 Å². The number of likely N-dealkylation sites (N-methyl/N-ethyl adjacent to an activating group) is 1. The fourth-order valence-corrected chi connectivity index (χ4v) is 2.78. The summed E-state index contributed by atoms with van der Waals surface area (Å²) in [5.74, 6) is 0.363. The second kappa shape index (κ2) is 9.15. The third-order valence-corrected chi connectivity index (χ3v) is 4.16. The smallest absolute Gasteiger partial charge is 0.322 e. The Labute approximate surface area is 148 Å². The van der Waals surface area contributed by atoms with E-state index in [2.05, 4.69) is 36.3 Å². The second-order valence-electron chi connectivity index (χ2n) is 6.28. The average Bonchev–Trinajstić information content (AvgIpc) is 2.53. The number of carbonyl (C=O) groups excluding carboxylic acids is 1. The summed E-state index contributed by atoms with van der Waals surface area (Å²) in [5.41, 5.74) is 0.718. The molecule has 1 aromatic heterocycles. The molecule has 8 heteroatoms. The van der Waals surface area contributed by atoms with Crippen molar-refractivity contribution in [2.24, 2.45) is 0 Å². The highest BCUT2D eigenvalue weighted by Gasteiger charge is 2.25. The topological polar surface area (TPSA) is 76.6 Å². The SMILES string of the molecule is CCCC(C)(C)c1cc(NC(=O)N(C)CC(OC)OC)nnc1Cl. The van der Waals surface area contributed by atoms with Gasteiger partial charge in [-0.15, -0.1) is 10.2 Å². The van der Waals surface area contributed by atoms with Crippen molar-refractivity contribution in [1.29, 1.82) is 0 Å². The third-order valence-electron chi connectivity index (χ3n) is 3.88. The molecular formula is C16H27ClN4O3. The maximum atomic E-state index is 12.3. The minimum absolute atomic E-state index is 0.148. The maximum absolute atomic E-state index is 12.3. The Morgan fingerprint density at radius 1 is 1.38 bits per heavy atom. The summed E-state index contributed by atoms with van der Waals surface area (Å²) in [4.78, 5) is 13.7. The van der Waals surface area contributed by atoms with Crippen LogP contribution in [0, 0.1) is 0 Å². The van der Waals surface area contributed by atoms with Gasteiger partial charge >= 0.3 is 6.03 Å². The number of urea groups is 1. The van der Waals surface area contributed by atoms with Crippen LogP contribution in [-0.2, 0) is 14.9 Å². The number of rotatable bonds is 8. The van der Waals surface area contributed by atoms with Gasteiger partial charge in [-0.2, -0.15) is 0 Å². The summed E-state index contributed by atoms with van der Waals surface area (Å²) in [6.07, 6.45) is 1.48. The van der Waals surface area contributed by atoms with Crippen LogP contribution >= 0.6 is 11.6 Å². The Bertz CT molecular complexity index is 550. The van der Waals surface area contributed by atoms with Gasteiger partial charge in [0.2, 0.25) is 0 Å². The molecule has 7 nitrogen and oxygen atoms in total. The molecule has 0 fully saturated rings. The molecular weight excluding hydrogens is 332 g/mol. The zero-order valence-electron chi connectivity index (χ0n) is 15.2. The molecule has 0 saturated heterocycles. The largest absolute Gasteiger partial charge is 0.354 e. The number of aromatic nitrogens is 2. The van der Waals surface area contributed by atoms with Crippen LogP contribution < -0.4 is 5.32 Å². The van der Waals surface area contributed by atoms with Crippen LogP contribution in [0.1, 0.15) is 39.2 Å². The van der Waals surface area contributed by atoms with Gasteiger partial charge in [0.1, 0.15) is 0 Å². The molecule has 0 aliphatic heterocycles. The van der Waals surface area contributed by atoms with Crippen molar-refractivity contribution in [2.75, 3.05) is 33.1 Å². The van der Waals surface area contributed by atoms with E-state index in [1.54, 1.807) is 13.1 Å². The lowest BCUT2D eigenvalue weighted by Gasteiger charge is -2.26. The van der Waals surface area contributed by atoms with Crippen LogP contribution in [0.15, 0.2) is 6.07 Å². The Morgan fingerprint density at radius 2 is 2.00 bits per heavy atom. The third kappa shape index (κ3) is 5.58. The van der Waals surface area contributed by atoms with Gasteiger partial charge in [0, 0.05) is 26.8 Å². The summed E-state index contributed by atoms with van der Waals surface area (Å²) < 4.78 is 10.2. The first-order valence-electron chi connectivity index (χ1n) is 7.86. The molecule has 0 aliphatic rings. The van der Waals surface area contributed by atoms with E-state index in [9.17, 15) is 4.79 Å². The van der Waals surface area contributed by atoms with Gasteiger partial charge in [0.05, 0.1) is 6.54 Å². The number of hydrogen-bond donors (Lipinski definition) is 1. The van der Waals surface area contributed by atoms with E-state index in [1.807, 2.05) is 0 Å². The molecule has 0 unspecified atom stereocenters. The van der Waals surface area contributed by atoms with Crippen molar-refractivity contribution in [1.82, 2.24) is 15.1 Å². The predicted octanol–water partition coefficient (Wildman–Crippen LogP) is 3.29. The number of amides is 2. The molecule has 0 aliphatic carbocycles. The minimum atomic E-state index is -0.490. The number of nitrogens with zero attached hydrogens (tertiary/aromatic N) is 3. The Balaban J connectivity index is 2.87. The van der Waals surface area contributed by atoms with E-state index in [-0.39, 0.29) is 18.0 Å². The number of ether oxygens (including phenoxy) is 2. The highest BCUT2D eigenvalue weighted by Crippen LogP contribution is 2.33. The first-order valence-corrected chi connectivity index (χ1v) is 8.24. The normalized spacial score (nSPS) is 11.7. The molecule has 2 amide bonds. The molecule has 0 aromatic carbocycles. The number of carbonyl (C=O) groups is 1. The molecule has 0 radical (unpaired) electrons. The van der Waals surface area contributed by atoms with Gasteiger partial charge in [-0.1, -0.05) is 38.8 Å². The van der Waals surface area contributed by atoms with E-state index >= 15 is 0 Å². The van der Waals surface area contributed by atoms with Crippen LogP contribution in [0.4, 0.5) is 10.6 Å². The lowest BCUT2D eigenvalue weighted by atomic mass is 9.82. The standard InChI is InChI=1S/C16H27ClN4O3/c1-7-8-16(2,3)11-9-12(19-20-14(11)17)18-15(22)21(4)10-13(23-5)24-6/h9,13H,7-8,10H2,1-6H3,(H,18,19,22). The molecule has 0 atom stereocenters. The fraction of sp³-hybridized carbons (Fsp3) is 0.688. The summed E-state index contributed by atoms with van der Waals surface area (Å²) in [5, 5.41) is 11.0. The number of anilines is 1. The molecule has 1 rings (SSSR count). The second-order valence-corrected chi connectivity index (χ2v) is 6.64. The summed E-state index contributed by atoms with van der Waals surface area (Å²) in [6, 6.07) is 1.45. The van der Waals surface area contributed by atoms with Crippen molar-refractivity contribution in [3.63, 3.8) is 0 Å². The highest BCUT2D eigenvalue weighted by atomic mass is 35.5. The van der Waals surface area contributed by atoms with Gasteiger partial charge in [-0.25, -0.2) is 4.79 Å².